The molecule has 4 bridgehead atoms. The Morgan fingerprint density at radius 1 is 0.818 bits per heavy atom. The van der Waals surface area contributed by atoms with E-state index in [4.69, 9.17) is 67.8 Å². The third-order valence-electron chi connectivity index (χ3n) is 14.3. The summed E-state index contributed by atoms with van der Waals surface area (Å²) in [4.78, 5) is 44.7. The first-order valence-corrected chi connectivity index (χ1v) is 32.0. The Morgan fingerprint density at radius 2 is 1.40 bits per heavy atom. The quantitative estimate of drug-likeness (QED) is 0.0409. The summed E-state index contributed by atoms with van der Waals surface area (Å²) in [6.45, 7) is 21.3. The number of nitrogens with zero attached hydrogens (tertiary/aromatic N) is 1. The minimum absolute atomic E-state index is 0.0217. The molecular formula is C57H82ClNO16Si2. The molecule has 2 aromatic carbocycles. The first-order valence-electron chi connectivity index (χ1n) is 26.6. The van der Waals surface area contributed by atoms with Crippen LogP contribution in [0.25, 0.3) is 0 Å². The van der Waals surface area contributed by atoms with E-state index >= 15 is 0 Å². The van der Waals surface area contributed by atoms with Crippen molar-refractivity contribution in [2.75, 3.05) is 41.5 Å². The zero-order valence-corrected chi connectivity index (χ0v) is 50.6. The lowest BCUT2D eigenvalue weighted by atomic mass is 9.88. The van der Waals surface area contributed by atoms with Gasteiger partial charge < -0.3 is 61.3 Å². The highest BCUT2D eigenvalue weighted by molar-refractivity contribution is 6.74. The zero-order chi connectivity index (χ0) is 57.0. The molecule has 1 N–H and O–H groups in total. The summed E-state index contributed by atoms with van der Waals surface area (Å²) in [7, 11) is -1.07. The van der Waals surface area contributed by atoms with Crippen LogP contribution in [0.5, 0.6) is 17.2 Å². The molecule has 0 aromatic heterocycles. The number of aliphatic hydroxyl groups excluding tert-OH is 1. The van der Waals surface area contributed by atoms with Gasteiger partial charge in [-0.25, -0.2) is 14.5 Å². The number of rotatable bonds is 21. The second-order valence-corrected chi connectivity index (χ2v) is 31.3. The second kappa shape index (κ2) is 27.0. The van der Waals surface area contributed by atoms with E-state index in [-0.39, 0.29) is 48.7 Å². The molecule has 426 valence electrons. The Balaban J connectivity index is 1.97. The van der Waals surface area contributed by atoms with Crippen LogP contribution in [0.1, 0.15) is 113 Å². The van der Waals surface area contributed by atoms with E-state index in [2.05, 4.69) is 44.5 Å². The topological polar surface area (TPSA) is 185 Å². The maximum Gasteiger partial charge on any atom is 0.420 e. The van der Waals surface area contributed by atoms with Crippen molar-refractivity contribution < 1.29 is 75.7 Å². The number of hydrogen-bond donors (Lipinski definition) is 1. The predicted octanol–water partition coefficient (Wildman–Crippen LogP) is 11.0. The van der Waals surface area contributed by atoms with E-state index in [0.717, 1.165) is 28.6 Å². The second-order valence-electron chi connectivity index (χ2n) is 21.5. The van der Waals surface area contributed by atoms with Crippen molar-refractivity contribution in [2.24, 2.45) is 0 Å². The SMILES string of the molecule is CC[Si](CC)(CC)O[C@@]12C#CC3=C[C@@H](OCOC)C[C@]3(O[Si](CC)(CC)CC)[C@H](C#C[C@@H]1O)Oc1c(Cl)cc(cc1OCOC)[C@@H](N(C(=O)OC(C)(C)C)C(=O)OC(C)(C)C)CC(=O)OC[C@@H]2OCc1ccc(OC)cc1. The molecule has 2 aliphatic heterocycles. The van der Waals surface area contributed by atoms with Crippen LogP contribution in [0.4, 0.5) is 9.59 Å². The van der Waals surface area contributed by atoms with Gasteiger partial charge in [0.25, 0.3) is 0 Å². The summed E-state index contributed by atoms with van der Waals surface area (Å²) in [6.07, 6.45) is -5.94. The fraction of sp³-hybridized carbons (Fsp3) is 0.632. The number of carbonyl (C=O) groups is 3. The molecule has 0 radical (unpaired) electrons. The van der Waals surface area contributed by atoms with Gasteiger partial charge in [0, 0.05) is 26.2 Å². The highest BCUT2D eigenvalue weighted by atomic mass is 35.5. The average Bonchev–Trinajstić information content (AvgIpc) is 3.77. The number of benzene rings is 2. The number of ether oxygens (including phenoxy) is 10. The van der Waals surface area contributed by atoms with Crippen LogP contribution in [-0.2, 0) is 53.4 Å². The van der Waals surface area contributed by atoms with Gasteiger partial charge in [0.15, 0.2) is 52.7 Å². The van der Waals surface area contributed by atoms with Crippen molar-refractivity contribution in [2.45, 2.75) is 192 Å². The summed E-state index contributed by atoms with van der Waals surface area (Å²) in [5.74, 6) is 13.1. The molecule has 0 saturated carbocycles. The van der Waals surface area contributed by atoms with Crippen LogP contribution in [0.15, 0.2) is 48.0 Å². The van der Waals surface area contributed by atoms with E-state index < -0.39 is 101 Å². The number of amides is 2. The van der Waals surface area contributed by atoms with E-state index in [9.17, 15) is 19.5 Å². The lowest BCUT2D eigenvalue weighted by molar-refractivity contribution is -0.163. The van der Waals surface area contributed by atoms with Crippen LogP contribution in [0.2, 0.25) is 41.3 Å². The maximum atomic E-state index is 14.9. The molecule has 2 aromatic rings. The first kappa shape index (κ1) is 63.2. The van der Waals surface area contributed by atoms with Crippen LogP contribution in [0.3, 0.4) is 0 Å². The minimum atomic E-state index is -2.89. The van der Waals surface area contributed by atoms with Crippen molar-refractivity contribution in [1.29, 1.82) is 0 Å². The number of imide groups is 1. The third kappa shape index (κ3) is 15.4. The summed E-state index contributed by atoms with van der Waals surface area (Å²) >= 11 is 7.39. The Labute approximate surface area is 463 Å². The molecule has 17 nitrogen and oxygen atoms in total. The van der Waals surface area contributed by atoms with E-state index in [1.165, 1.54) is 26.4 Å². The molecule has 0 unspecified atom stereocenters. The molecule has 2 amide bonds. The van der Waals surface area contributed by atoms with Crippen molar-refractivity contribution in [3.63, 3.8) is 0 Å². The Hall–Kier alpha value is -4.65. The van der Waals surface area contributed by atoms with Crippen LogP contribution >= 0.6 is 11.6 Å². The fourth-order valence-electron chi connectivity index (χ4n) is 9.57. The number of halogens is 1. The number of fused-ring (bicyclic) bond motifs is 8. The molecule has 77 heavy (non-hydrogen) atoms. The van der Waals surface area contributed by atoms with Crippen molar-refractivity contribution >= 4 is 46.4 Å². The van der Waals surface area contributed by atoms with Crippen molar-refractivity contribution in [3.8, 4) is 40.9 Å². The molecule has 7 atom stereocenters. The monoisotopic (exact) mass is 1130 g/mol. The van der Waals surface area contributed by atoms with Crippen molar-refractivity contribution in [1.82, 2.24) is 4.90 Å². The predicted molar refractivity (Wildman–Crippen MR) is 296 cm³/mol. The van der Waals surface area contributed by atoms with E-state index in [1.54, 1.807) is 60.8 Å². The average molecular weight is 1130 g/mol. The molecule has 0 saturated heterocycles. The van der Waals surface area contributed by atoms with E-state index in [1.807, 2.05) is 39.0 Å². The van der Waals surface area contributed by atoms with Gasteiger partial charge in [0.2, 0.25) is 0 Å². The fourth-order valence-corrected chi connectivity index (χ4v) is 15.8. The summed E-state index contributed by atoms with van der Waals surface area (Å²) in [5, 5.41) is 13.1. The summed E-state index contributed by atoms with van der Waals surface area (Å²) in [6, 6.07) is 12.7. The molecule has 0 spiro atoms. The molecule has 20 heteroatoms. The Kier molecular flexibility index (Phi) is 22.2. The highest BCUT2D eigenvalue weighted by Gasteiger charge is 2.57. The molecule has 2 aliphatic carbocycles. The normalized spacial score (nSPS) is 23.6. The minimum Gasteiger partial charge on any atom is -0.497 e. The molecule has 4 aliphatic rings. The third-order valence-corrected chi connectivity index (χ3v) is 23.8. The lowest BCUT2D eigenvalue weighted by Crippen LogP contribution is -2.61. The van der Waals surface area contributed by atoms with Gasteiger partial charge in [0.1, 0.15) is 42.1 Å². The van der Waals surface area contributed by atoms with Gasteiger partial charge in [-0.15, -0.1) is 0 Å². The number of esters is 1. The lowest BCUT2D eigenvalue weighted by Gasteiger charge is -2.44. The van der Waals surface area contributed by atoms with Crippen LogP contribution < -0.4 is 14.2 Å². The van der Waals surface area contributed by atoms with Gasteiger partial charge in [0.05, 0.1) is 37.3 Å². The van der Waals surface area contributed by atoms with Crippen LogP contribution in [-0.4, -0.2) is 133 Å². The van der Waals surface area contributed by atoms with Gasteiger partial charge in [-0.05, 0) is 119 Å². The maximum absolute atomic E-state index is 14.9. The van der Waals surface area contributed by atoms with Gasteiger partial charge in [-0.3, -0.25) is 4.79 Å². The molecule has 0 fully saturated rings. The molecular weight excluding hydrogens is 1050 g/mol. The number of aliphatic hydroxyl groups is 1. The largest absolute Gasteiger partial charge is 0.497 e. The van der Waals surface area contributed by atoms with Gasteiger partial charge in [-0.1, -0.05) is 89.0 Å². The molecule has 6 rings (SSSR count). The Morgan fingerprint density at radius 3 is 1.95 bits per heavy atom. The standard InChI is InChI=1S/C57H82ClNO16Si2/c1-16-76(17-2,18-3)74-56-29-28-41-32-43(69-37-64-13)34-57(41,75-77(19-4,20-5)21-6)48(27-26-47(56)60)71-51-44(58)30-40(31-46(51)70-38-65-14)45(59(52(62)72-54(7,8)9)53(63)73-55(10,11)12)33-50(61)68-36-49(56)67-35-39-22-24-42(66-15)25-23-39/h22-25,30-32,43,45,47-49,60H,16-21,33-38H2,1-15H3/t43-,45+,47+,48+,49+,56+,57-/m1/s1. The zero-order valence-electron chi connectivity index (χ0n) is 47.8. The van der Waals surface area contributed by atoms with Gasteiger partial charge >= 0.3 is 18.2 Å². The number of methoxy groups -OCH3 is 3. The summed E-state index contributed by atoms with van der Waals surface area (Å²) < 4.78 is 76.1. The number of carbonyl (C=O) groups excluding carboxylic acids is 3. The first-order chi connectivity index (χ1) is 36.4. The van der Waals surface area contributed by atoms with E-state index in [0.29, 0.717) is 29.5 Å². The van der Waals surface area contributed by atoms with Gasteiger partial charge in [-0.2, -0.15) is 0 Å². The summed E-state index contributed by atoms with van der Waals surface area (Å²) in [5.41, 5.74) is -4.46. The highest BCUT2D eigenvalue weighted by Crippen LogP contribution is 2.48. The van der Waals surface area contributed by atoms with Crippen molar-refractivity contribution in [3.05, 3.63) is 64.2 Å². The number of hydrogen-bond acceptors (Lipinski definition) is 16. The van der Waals surface area contributed by atoms with Crippen LogP contribution in [0, 0.1) is 23.7 Å². The smallest absolute Gasteiger partial charge is 0.420 e. The molecule has 2 heterocycles. The Bertz CT molecular complexity index is 2450.